The maximum atomic E-state index is 12.4. The molecule has 0 fully saturated rings. The molecular formula is C21H17N3O6. The van der Waals surface area contributed by atoms with E-state index in [1.807, 2.05) is 6.07 Å². The fourth-order valence-electron chi connectivity index (χ4n) is 3.08. The predicted molar refractivity (Wildman–Crippen MR) is 108 cm³/mol. The molecule has 2 aromatic carbocycles. The van der Waals surface area contributed by atoms with E-state index in [-0.39, 0.29) is 17.8 Å². The average Bonchev–Trinajstić information content (AvgIpc) is 2.77. The van der Waals surface area contributed by atoms with Crippen LogP contribution < -0.4 is 20.3 Å². The smallest absolute Gasteiger partial charge is 0.270 e. The number of rotatable bonds is 5. The van der Waals surface area contributed by atoms with Crippen LogP contribution in [0.5, 0.6) is 11.5 Å². The Hall–Kier alpha value is -4.14. The third-order valence-electron chi connectivity index (χ3n) is 4.58. The van der Waals surface area contributed by atoms with Gasteiger partial charge in [0, 0.05) is 29.9 Å². The van der Waals surface area contributed by atoms with Gasteiger partial charge in [-0.15, -0.1) is 0 Å². The minimum Gasteiger partial charge on any atom is -0.486 e. The SMILES string of the molecule is O=C(NCc1ccc2c(c1)OCCO2)c1ccc(-c2cccc([N+](=O)[O-])c2)[nH]c1=O. The third-order valence-corrected chi connectivity index (χ3v) is 4.58. The fourth-order valence-corrected chi connectivity index (χ4v) is 3.08. The lowest BCUT2D eigenvalue weighted by Gasteiger charge is -2.18. The second kappa shape index (κ2) is 8.08. The number of amides is 1. The van der Waals surface area contributed by atoms with Crippen LogP contribution in [0.4, 0.5) is 5.69 Å². The van der Waals surface area contributed by atoms with Crippen LogP contribution >= 0.6 is 0 Å². The van der Waals surface area contributed by atoms with E-state index in [0.29, 0.717) is 36.0 Å². The monoisotopic (exact) mass is 407 g/mol. The van der Waals surface area contributed by atoms with Crippen LogP contribution in [0.1, 0.15) is 15.9 Å². The van der Waals surface area contributed by atoms with Gasteiger partial charge in [0.15, 0.2) is 11.5 Å². The summed E-state index contributed by atoms with van der Waals surface area (Å²) in [6, 6.07) is 14.2. The van der Waals surface area contributed by atoms with Crippen molar-refractivity contribution in [3.8, 4) is 22.8 Å². The third kappa shape index (κ3) is 4.00. The van der Waals surface area contributed by atoms with Crippen molar-refractivity contribution in [1.82, 2.24) is 10.3 Å². The molecule has 0 saturated heterocycles. The highest BCUT2D eigenvalue weighted by molar-refractivity contribution is 5.94. The van der Waals surface area contributed by atoms with E-state index in [0.717, 1.165) is 5.56 Å². The van der Waals surface area contributed by atoms with Crippen LogP contribution in [-0.4, -0.2) is 29.0 Å². The zero-order valence-corrected chi connectivity index (χ0v) is 15.7. The molecule has 0 aliphatic carbocycles. The van der Waals surface area contributed by atoms with Crippen molar-refractivity contribution in [3.63, 3.8) is 0 Å². The number of non-ortho nitro benzene ring substituents is 1. The van der Waals surface area contributed by atoms with E-state index in [1.54, 1.807) is 24.3 Å². The maximum absolute atomic E-state index is 12.4. The Morgan fingerprint density at radius 1 is 1.07 bits per heavy atom. The first-order chi connectivity index (χ1) is 14.5. The first-order valence-electron chi connectivity index (χ1n) is 9.16. The minimum absolute atomic E-state index is 0.0540. The minimum atomic E-state index is -0.585. The van der Waals surface area contributed by atoms with Crippen molar-refractivity contribution in [2.24, 2.45) is 0 Å². The topological polar surface area (TPSA) is 124 Å². The molecule has 0 spiro atoms. The van der Waals surface area contributed by atoms with Gasteiger partial charge in [-0.2, -0.15) is 0 Å². The lowest BCUT2D eigenvalue weighted by molar-refractivity contribution is -0.384. The maximum Gasteiger partial charge on any atom is 0.270 e. The molecule has 0 bridgehead atoms. The number of benzene rings is 2. The summed E-state index contributed by atoms with van der Waals surface area (Å²) in [6.45, 7) is 1.18. The Kier molecular flexibility index (Phi) is 5.17. The second-order valence-electron chi connectivity index (χ2n) is 6.58. The summed E-state index contributed by atoms with van der Waals surface area (Å²) in [5.74, 6) is 0.744. The van der Waals surface area contributed by atoms with E-state index < -0.39 is 16.4 Å². The molecule has 9 heteroatoms. The summed E-state index contributed by atoms with van der Waals surface area (Å²) in [6.07, 6.45) is 0. The van der Waals surface area contributed by atoms with E-state index in [2.05, 4.69) is 10.3 Å². The standard InChI is InChI=1S/C21H17N3O6/c25-20(22-12-13-4-7-18-19(10-13)30-9-8-29-18)16-5-6-17(23-21(16)26)14-2-1-3-15(11-14)24(27)28/h1-7,10-11H,8-9,12H2,(H,22,25)(H,23,26). The largest absolute Gasteiger partial charge is 0.486 e. The van der Waals surface area contributed by atoms with Gasteiger partial charge in [-0.25, -0.2) is 0 Å². The van der Waals surface area contributed by atoms with E-state index in [4.69, 9.17) is 9.47 Å². The highest BCUT2D eigenvalue weighted by Crippen LogP contribution is 2.30. The van der Waals surface area contributed by atoms with Gasteiger partial charge in [0.1, 0.15) is 18.8 Å². The molecule has 0 unspecified atom stereocenters. The van der Waals surface area contributed by atoms with Crippen molar-refractivity contribution in [2.75, 3.05) is 13.2 Å². The molecule has 0 saturated carbocycles. The first-order valence-corrected chi connectivity index (χ1v) is 9.16. The number of nitrogens with zero attached hydrogens (tertiary/aromatic N) is 1. The van der Waals surface area contributed by atoms with Crippen molar-refractivity contribution >= 4 is 11.6 Å². The number of nitrogens with one attached hydrogen (secondary N) is 2. The molecule has 0 atom stereocenters. The van der Waals surface area contributed by atoms with Gasteiger partial charge in [0.25, 0.3) is 17.2 Å². The van der Waals surface area contributed by atoms with Crippen LogP contribution in [0.3, 0.4) is 0 Å². The molecule has 0 radical (unpaired) electrons. The van der Waals surface area contributed by atoms with Gasteiger partial charge >= 0.3 is 0 Å². The Labute approximate surface area is 170 Å². The van der Waals surface area contributed by atoms with Crippen LogP contribution in [-0.2, 0) is 6.54 Å². The van der Waals surface area contributed by atoms with E-state index in [9.17, 15) is 19.7 Å². The lowest BCUT2D eigenvalue weighted by Crippen LogP contribution is -2.29. The van der Waals surface area contributed by atoms with Gasteiger partial charge in [0.05, 0.1) is 4.92 Å². The molecule has 3 aromatic rings. The van der Waals surface area contributed by atoms with E-state index >= 15 is 0 Å². The number of fused-ring (bicyclic) bond motifs is 1. The predicted octanol–water partition coefficient (Wildman–Crippen LogP) is 2.65. The molecule has 4 rings (SSSR count). The molecule has 1 aromatic heterocycles. The summed E-state index contributed by atoms with van der Waals surface area (Å²) in [5.41, 5.74) is 0.934. The number of aromatic amines is 1. The summed E-state index contributed by atoms with van der Waals surface area (Å²) in [5, 5.41) is 13.6. The Bertz CT molecular complexity index is 1190. The van der Waals surface area contributed by atoms with Crippen molar-refractivity contribution < 1.29 is 19.2 Å². The number of pyridine rings is 1. The van der Waals surface area contributed by atoms with Gasteiger partial charge < -0.3 is 19.8 Å². The first kappa shape index (κ1) is 19.2. The Morgan fingerprint density at radius 2 is 1.87 bits per heavy atom. The van der Waals surface area contributed by atoms with Gasteiger partial charge in [0.2, 0.25) is 0 Å². The number of H-pyrrole nitrogens is 1. The number of ether oxygens (including phenoxy) is 2. The molecule has 2 heterocycles. The van der Waals surface area contributed by atoms with Crippen LogP contribution in [0.2, 0.25) is 0 Å². The average molecular weight is 407 g/mol. The number of nitro groups is 1. The van der Waals surface area contributed by atoms with Gasteiger partial charge in [-0.3, -0.25) is 19.7 Å². The van der Waals surface area contributed by atoms with Crippen molar-refractivity contribution in [1.29, 1.82) is 0 Å². The molecule has 1 aliphatic rings. The van der Waals surface area contributed by atoms with Crippen molar-refractivity contribution in [2.45, 2.75) is 6.54 Å². The molecule has 2 N–H and O–H groups in total. The van der Waals surface area contributed by atoms with E-state index in [1.165, 1.54) is 24.3 Å². The quantitative estimate of drug-likeness (QED) is 0.495. The highest BCUT2D eigenvalue weighted by atomic mass is 16.6. The number of carbonyl (C=O) groups is 1. The number of carbonyl (C=O) groups excluding carboxylic acids is 1. The normalized spacial score (nSPS) is 12.3. The highest BCUT2D eigenvalue weighted by Gasteiger charge is 2.15. The van der Waals surface area contributed by atoms with Crippen LogP contribution in [0.15, 0.2) is 59.4 Å². The molecule has 1 aliphatic heterocycles. The summed E-state index contributed by atoms with van der Waals surface area (Å²) >= 11 is 0. The number of hydrogen-bond acceptors (Lipinski definition) is 6. The Morgan fingerprint density at radius 3 is 2.63 bits per heavy atom. The van der Waals surface area contributed by atoms with Crippen LogP contribution in [0, 0.1) is 10.1 Å². The van der Waals surface area contributed by atoms with Crippen LogP contribution in [0.25, 0.3) is 11.3 Å². The summed E-state index contributed by atoms with van der Waals surface area (Å²) in [4.78, 5) is 37.9. The van der Waals surface area contributed by atoms with Crippen molar-refractivity contribution in [3.05, 3.63) is 86.2 Å². The molecular weight excluding hydrogens is 390 g/mol. The number of aromatic nitrogens is 1. The van der Waals surface area contributed by atoms with Gasteiger partial charge in [-0.1, -0.05) is 18.2 Å². The number of nitro benzene ring substituents is 1. The zero-order chi connectivity index (χ0) is 21.1. The lowest BCUT2D eigenvalue weighted by atomic mass is 10.1. The summed E-state index contributed by atoms with van der Waals surface area (Å²) < 4.78 is 11.0. The zero-order valence-electron chi connectivity index (χ0n) is 15.7. The number of hydrogen-bond donors (Lipinski definition) is 2. The Balaban J connectivity index is 1.48. The fraction of sp³-hybridized carbons (Fsp3) is 0.143. The second-order valence-corrected chi connectivity index (χ2v) is 6.58. The van der Waals surface area contributed by atoms with Gasteiger partial charge in [-0.05, 0) is 29.8 Å². The molecule has 152 valence electrons. The molecule has 9 nitrogen and oxygen atoms in total. The molecule has 30 heavy (non-hydrogen) atoms. The molecule has 1 amide bonds. The summed E-state index contributed by atoms with van der Waals surface area (Å²) in [7, 11) is 0.